The normalized spacial score (nSPS) is 13.6. The Morgan fingerprint density at radius 1 is 1.16 bits per heavy atom. The number of aliphatic carboxylic acids is 1. The number of anilines is 2. The number of nitrogens with zero attached hydrogens (tertiary/aromatic N) is 1. The van der Waals surface area contributed by atoms with Crippen LogP contribution in [0.5, 0.6) is 0 Å². The number of thiazole rings is 1. The Balaban J connectivity index is 1.61. The number of carboxylic acid groups (broad SMARTS) is 1. The summed E-state index contributed by atoms with van der Waals surface area (Å²) < 4.78 is 0. The maximum Gasteiger partial charge on any atom is 0.325 e. The van der Waals surface area contributed by atoms with Crippen LogP contribution in [0.2, 0.25) is 0 Å². The van der Waals surface area contributed by atoms with Crippen molar-refractivity contribution in [2.75, 3.05) is 17.2 Å². The summed E-state index contributed by atoms with van der Waals surface area (Å²) in [5, 5.41) is 16.5. The van der Waals surface area contributed by atoms with Gasteiger partial charge in [-0.15, -0.1) is 11.3 Å². The molecule has 4 N–H and O–H groups in total. The summed E-state index contributed by atoms with van der Waals surface area (Å²) in [6, 6.07) is 4.81. The molecule has 0 radical (unpaired) electrons. The number of hydrogen-bond acceptors (Lipinski definition) is 6. The minimum Gasteiger partial charge on any atom is -0.480 e. The van der Waals surface area contributed by atoms with Crippen molar-refractivity contribution in [3.8, 4) is 0 Å². The van der Waals surface area contributed by atoms with E-state index in [0.717, 1.165) is 42.6 Å². The molecule has 1 aliphatic carbocycles. The van der Waals surface area contributed by atoms with Gasteiger partial charge in [0.25, 0.3) is 0 Å². The van der Waals surface area contributed by atoms with Gasteiger partial charge < -0.3 is 15.7 Å². The van der Waals surface area contributed by atoms with Crippen molar-refractivity contribution in [1.82, 2.24) is 10.3 Å². The Bertz CT molecular complexity index is 997. The lowest BCUT2D eigenvalue weighted by Gasteiger charge is -2.14. The van der Waals surface area contributed by atoms with E-state index in [1.807, 2.05) is 13.0 Å². The molecule has 0 unspecified atom stereocenters. The van der Waals surface area contributed by atoms with Crippen LogP contribution < -0.4 is 16.0 Å². The average Bonchev–Trinajstić information content (AvgIpc) is 3.39. The largest absolute Gasteiger partial charge is 0.480 e. The van der Waals surface area contributed by atoms with Gasteiger partial charge in [-0.2, -0.15) is 0 Å². The fraction of sp³-hybridized carbons (Fsp3) is 0.381. The van der Waals surface area contributed by atoms with Crippen molar-refractivity contribution in [2.45, 2.75) is 39.0 Å². The highest BCUT2D eigenvalue weighted by Gasteiger charge is 2.26. The van der Waals surface area contributed by atoms with Gasteiger partial charge in [-0.05, 0) is 31.9 Å². The van der Waals surface area contributed by atoms with E-state index < -0.39 is 24.5 Å². The van der Waals surface area contributed by atoms with E-state index in [1.165, 1.54) is 6.20 Å². The quantitative estimate of drug-likeness (QED) is 0.461. The topological polar surface area (TPSA) is 137 Å². The Kier molecular flexibility index (Phi) is 7.35. The van der Waals surface area contributed by atoms with E-state index in [2.05, 4.69) is 20.9 Å². The molecule has 1 saturated carbocycles. The Morgan fingerprint density at radius 2 is 1.90 bits per heavy atom. The molecule has 1 aliphatic rings. The third-order valence-corrected chi connectivity index (χ3v) is 5.87. The fourth-order valence-electron chi connectivity index (χ4n) is 3.47. The zero-order valence-corrected chi connectivity index (χ0v) is 17.9. The summed E-state index contributed by atoms with van der Waals surface area (Å²) in [5.41, 5.74) is 1.90. The van der Waals surface area contributed by atoms with E-state index in [4.69, 9.17) is 5.11 Å². The molecule has 9 nitrogen and oxygen atoms in total. The first-order chi connectivity index (χ1) is 14.8. The van der Waals surface area contributed by atoms with Gasteiger partial charge in [-0.3, -0.25) is 19.7 Å². The summed E-state index contributed by atoms with van der Waals surface area (Å²) in [6.45, 7) is 1.45. The second-order valence-corrected chi connectivity index (χ2v) is 8.57. The molecule has 3 amide bonds. The number of hydrogen-bond donors (Lipinski definition) is 4. The van der Waals surface area contributed by atoms with E-state index in [-0.39, 0.29) is 23.3 Å². The molecule has 2 aromatic rings. The van der Waals surface area contributed by atoms with Crippen LogP contribution >= 0.6 is 11.3 Å². The maximum absolute atomic E-state index is 12.9. The number of carboxylic acids is 1. The van der Waals surface area contributed by atoms with E-state index in [9.17, 15) is 19.2 Å². The van der Waals surface area contributed by atoms with Gasteiger partial charge in [-0.1, -0.05) is 24.5 Å². The van der Waals surface area contributed by atoms with Crippen LogP contribution in [0, 0.1) is 12.8 Å². The first-order valence-electron chi connectivity index (χ1n) is 9.98. The van der Waals surface area contributed by atoms with Crippen LogP contribution in [-0.2, 0) is 16.0 Å². The number of urea groups is 1. The Morgan fingerprint density at radius 3 is 2.61 bits per heavy atom. The molecule has 1 fully saturated rings. The second-order valence-electron chi connectivity index (χ2n) is 7.45. The van der Waals surface area contributed by atoms with Gasteiger partial charge >= 0.3 is 12.0 Å². The number of carbonyl (C=O) groups excluding carboxylic acids is 3. The van der Waals surface area contributed by atoms with Crippen molar-refractivity contribution in [3.63, 3.8) is 0 Å². The third kappa shape index (κ3) is 6.35. The van der Waals surface area contributed by atoms with E-state index in [1.54, 1.807) is 12.1 Å². The van der Waals surface area contributed by atoms with E-state index in [0.29, 0.717) is 16.1 Å². The SMILES string of the molecule is Cc1ccc(NC(=O)Nc2ncc(CC(=O)NCC(=O)O)s2)c(C(=O)C2CCCC2)c1. The predicted octanol–water partition coefficient (Wildman–Crippen LogP) is 3.21. The van der Waals surface area contributed by atoms with Gasteiger partial charge in [0.05, 0.1) is 12.1 Å². The van der Waals surface area contributed by atoms with Crippen molar-refractivity contribution < 1.29 is 24.3 Å². The van der Waals surface area contributed by atoms with Gasteiger partial charge in [0, 0.05) is 22.6 Å². The lowest BCUT2D eigenvalue weighted by atomic mass is 9.94. The zero-order valence-electron chi connectivity index (χ0n) is 17.1. The highest BCUT2D eigenvalue weighted by Crippen LogP contribution is 2.31. The number of aromatic nitrogens is 1. The first kappa shape index (κ1) is 22.4. The molecule has 0 saturated heterocycles. The number of carbonyl (C=O) groups is 4. The van der Waals surface area contributed by atoms with Crippen LogP contribution in [0.15, 0.2) is 24.4 Å². The molecule has 10 heteroatoms. The second kappa shape index (κ2) is 10.2. The van der Waals surface area contributed by atoms with Gasteiger partial charge in [0.2, 0.25) is 5.91 Å². The van der Waals surface area contributed by atoms with Crippen LogP contribution in [0.25, 0.3) is 0 Å². The lowest BCUT2D eigenvalue weighted by Crippen LogP contribution is -2.30. The standard InChI is InChI=1S/C21H24N4O5S/c1-12-6-7-16(15(8-12)19(29)13-4-2-3-5-13)24-20(30)25-21-23-10-14(31-21)9-17(26)22-11-18(27)28/h6-8,10,13H,2-5,9,11H2,1H3,(H,22,26)(H,27,28)(H2,23,24,25,30). The summed E-state index contributed by atoms with van der Waals surface area (Å²) in [4.78, 5) is 52.2. The van der Waals surface area contributed by atoms with Gasteiger partial charge in [0.1, 0.15) is 6.54 Å². The smallest absolute Gasteiger partial charge is 0.325 e. The summed E-state index contributed by atoms with van der Waals surface area (Å²) in [5.74, 6) is -1.52. The minimum atomic E-state index is -1.13. The Hall–Kier alpha value is -3.27. The molecule has 1 heterocycles. The van der Waals surface area contributed by atoms with Gasteiger partial charge in [0.15, 0.2) is 10.9 Å². The molecule has 0 atom stereocenters. The molecule has 0 aliphatic heterocycles. The highest BCUT2D eigenvalue weighted by atomic mass is 32.1. The third-order valence-electron chi connectivity index (χ3n) is 4.96. The minimum absolute atomic E-state index is 0.000736. The zero-order chi connectivity index (χ0) is 22.4. The molecule has 1 aromatic carbocycles. The van der Waals surface area contributed by atoms with Crippen molar-refractivity contribution in [2.24, 2.45) is 5.92 Å². The maximum atomic E-state index is 12.9. The molecular formula is C21H24N4O5S. The number of benzene rings is 1. The summed E-state index contributed by atoms with van der Waals surface area (Å²) in [7, 11) is 0. The molecule has 31 heavy (non-hydrogen) atoms. The van der Waals surface area contributed by atoms with Crippen LogP contribution in [0.3, 0.4) is 0 Å². The van der Waals surface area contributed by atoms with Crippen LogP contribution in [-0.4, -0.2) is 40.3 Å². The van der Waals surface area contributed by atoms with Crippen molar-refractivity contribution >= 4 is 45.8 Å². The number of Topliss-reactive ketones (excluding diaryl/α,β-unsaturated/α-hetero) is 1. The molecule has 0 spiro atoms. The van der Waals surface area contributed by atoms with Crippen LogP contribution in [0.4, 0.5) is 15.6 Å². The highest BCUT2D eigenvalue weighted by molar-refractivity contribution is 7.15. The molecule has 1 aromatic heterocycles. The summed E-state index contributed by atoms with van der Waals surface area (Å²) >= 11 is 1.11. The molecule has 0 bridgehead atoms. The number of rotatable bonds is 8. The fourth-order valence-corrected chi connectivity index (χ4v) is 4.28. The molecular weight excluding hydrogens is 420 g/mol. The van der Waals surface area contributed by atoms with Crippen molar-refractivity contribution in [1.29, 1.82) is 0 Å². The average molecular weight is 445 g/mol. The van der Waals surface area contributed by atoms with E-state index >= 15 is 0 Å². The number of ketones is 1. The van der Waals surface area contributed by atoms with Gasteiger partial charge in [-0.25, -0.2) is 9.78 Å². The number of amides is 3. The molecule has 3 rings (SSSR count). The van der Waals surface area contributed by atoms with Crippen LogP contribution in [0.1, 0.15) is 46.5 Å². The summed E-state index contributed by atoms with van der Waals surface area (Å²) in [6.07, 6.45) is 5.26. The predicted molar refractivity (Wildman–Crippen MR) is 117 cm³/mol. The number of aryl methyl sites for hydroxylation is 1. The number of nitrogens with one attached hydrogen (secondary N) is 3. The first-order valence-corrected chi connectivity index (χ1v) is 10.8. The monoisotopic (exact) mass is 444 g/mol. The lowest BCUT2D eigenvalue weighted by molar-refractivity contribution is -0.137. The Labute approximate surface area is 183 Å². The van der Waals surface area contributed by atoms with Crippen molar-refractivity contribution in [3.05, 3.63) is 40.4 Å². The molecule has 164 valence electrons.